The number of hydrogen-bond acceptors (Lipinski definition) is 1. The van der Waals surface area contributed by atoms with Crippen LogP contribution < -0.4 is 0 Å². The summed E-state index contributed by atoms with van der Waals surface area (Å²) < 4.78 is 4.79. The average molecular weight is 610 g/mol. The van der Waals surface area contributed by atoms with Gasteiger partial charge in [-0.25, -0.2) is 0 Å². The molecule has 3 nitrogen and oxygen atoms in total. The summed E-state index contributed by atoms with van der Waals surface area (Å²) in [4.78, 5) is 0. The molecule has 0 atom stereocenters. The molecule has 0 N–H and O–H groups in total. The largest absolute Gasteiger partial charge is 0.309 e. The van der Waals surface area contributed by atoms with E-state index in [-0.39, 0.29) is 0 Å². The van der Waals surface area contributed by atoms with E-state index in [0.29, 0.717) is 5.56 Å². The van der Waals surface area contributed by atoms with E-state index in [4.69, 9.17) is 0 Å². The van der Waals surface area contributed by atoms with Crippen molar-refractivity contribution >= 4 is 65.2 Å². The van der Waals surface area contributed by atoms with Gasteiger partial charge in [0.15, 0.2) is 0 Å². The second-order valence-corrected chi connectivity index (χ2v) is 12.5. The molecule has 0 spiro atoms. The molecule has 8 aromatic carbocycles. The summed E-state index contributed by atoms with van der Waals surface area (Å²) in [7, 11) is 0. The zero-order valence-electron chi connectivity index (χ0n) is 25.9. The van der Waals surface area contributed by atoms with E-state index in [2.05, 4.69) is 167 Å². The molecule has 10 aromatic rings. The number of para-hydroxylation sites is 3. The van der Waals surface area contributed by atoms with E-state index in [1.807, 2.05) is 12.1 Å². The minimum atomic E-state index is 0.680. The first-order valence-corrected chi connectivity index (χ1v) is 16.3. The third kappa shape index (κ3) is 3.75. The molecule has 2 aromatic heterocycles. The smallest absolute Gasteiger partial charge is 0.0991 e. The van der Waals surface area contributed by atoms with Gasteiger partial charge in [-0.2, -0.15) is 5.26 Å². The van der Waals surface area contributed by atoms with Crippen molar-refractivity contribution in [2.24, 2.45) is 0 Å². The standard InChI is InChI=1S/C45H27N3/c46-28-29-20-24-34-30(26-29)21-22-31-27-33(23-25-35(31)34)48-41-17-7-5-13-39(41)45-37(15-9-19-43(45)48)36-14-8-18-42-44(36)38-12-4-6-16-40(38)47(42)32-10-2-1-3-11-32/h1-27H. The minimum absolute atomic E-state index is 0.680. The maximum atomic E-state index is 9.41. The molecule has 10 rings (SSSR count). The van der Waals surface area contributed by atoms with Gasteiger partial charge < -0.3 is 9.13 Å². The van der Waals surface area contributed by atoms with Crippen molar-refractivity contribution in [3.05, 3.63) is 169 Å². The van der Waals surface area contributed by atoms with Gasteiger partial charge in [-0.3, -0.25) is 0 Å². The molecule has 0 saturated heterocycles. The lowest BCUT2D eigenvalue weighted by Gasteiger charge is -2.12. The van der Waals surface area contributed by atoms with Crippen LogP contribution in [0.5, 0.6) is 0 Å². The SMILES string of the molecule is N#Cc1ccc2c(ccc3cc(-n4c5ccccc5c5c(-c6cccc7c6c6ccccc6n7-c6ccccc6)cccc54)ccc32)c1. The molecule has 2 heterocycles. The van der Waals surface area contributed by atoms with Gasteiger partial charge in [-0.05, 0) is 93.3 Å². The molecular weight excluding hydrogens is 583 g/mol. The molecule has 48 heavy (non-hydrogen) atoms. The van der Waals surface area contributed by atoms with Gasteiger partial charge in [-0.15, -0.1) is 0 Å². The number of nitriles is 1. The summed E-state index contributed by atoms with van der Waals surface area (Å²) in [5.74, 6) is 0. The molecule has 0 saturated carbocycles. The van der Waals surface area contributed by atoms with Crippen molar-refractivity contribution in [3.8, 4) is 28.6 Å². The molecule has 0 aliphatic carbocycles. The normalized spacial score (nSPS) is 11.7. The first-order chi connectivity index (χ1) is 23.8. The summed E-state index contributed by atoms with van der Waals surface area (Å²) in [6, 6.07) is 60.9. The fourth-order valence-electron chi connectivity index (χ4n) is 7.89. The maximum absolute atomic E-state index is 9.41. The van der Waals surface area contributed by atoms with Gasteiger partial charge in [0, 0.05) is 32.9 Å². The lowest BCUT2D eigenvalue weighted by molar-refractivity contribution is 1.18. The monoisotopic (exact) mass is 609 g/mol. The van der Waals surface area contributed by atoms with Crippen molar-refractivity contribution in [1.82, 2.24) is 9.13 Å². The molecule has 0 fully saturated rings. The lowest BCUT2D eigenvalue weighted by atomic mass is 9.95. The number of rotatable bonds is 3. The van der Waals surface area contributed by atoms with E-state index in [9.17, 15) is 5.26 Å². The number of aromatic nitrogens is 2. The van der Waals surface area contributed by atoms with Crippen molar-refractivity contribution in [1.29, 1.82) is 5.26 Å². The Morgan fingerprint density at radius 2 is 0.896 bits per heavy atom. The fraction of sp³-hybridized carbons (Fsp3) is 0. The molecule has 3 heteroatoms. The number of hydrogen-bond donors (Lipinski definition) is 0. The van der Waals surface area contributed by atoms with Crippen molar-refractivity contribution < 1.29 is 0 Å². The fourth-order valence-corrected chi connectivity index (χ4v) is 7.89. The minimum Gasteiger partial charge on any atom is -0.309 e. The van der Waals surface area contributed by atoms with Crippen LogP contribution >= 0.6 is 0 Å². The van der Waals surface area contributed by atoms with Crippen LogP contribution in [-0.2, 0) is 0 Å². The Bertz CT molecular complexity index is 2950. The summed E-state index contributed by atoms with van der Waals surface area (Å²) in [6.07, 6.45) is 0. The van der Waals surface area contributed by atoms with E-state index >= 15 is 0 Å². The number of fused-ring (bicyclic) bond motifs is 9. The number of nitrogens with zero attached hydrogens (tertiary/aromatic N) is 3. The van der Waals surface area contributed by atoms with E-state index < -0.39 is 0 Å². The lowest BCUT2D eigenvalue weighted by Crippen LogP contribution is -1.94. The average Bonchev–Trinajstić information content (AvgIpc) is 3.68. The van der Waals surface area contributed by atoms with Crippen LogP contribution in [0.4, 0.5) is 0 Å². The quantitative estimate of drug-likeness (QED) is 0.183. The van der Waals surface area contributed by atoms with Crippen LogP contribution in [-0.4, -0.2) is 9.13 Å². The molecule has 0 amide bonds. The number of benzene rings is 8. The van der Waals surface area contributed by atoms with E-state index in [1.54, 1.807) is 0 Å². The highest BCUT2D eigenvalue weighted by Gasteiger charge is 2.20. The van der Waals surface area contributed by atoms with Crippen LogP contribution in [0.1, 0.15) is 5.56 Å². The molecule has 222 valence electrons. The summed E-state index contributed by atoms with van der Waals surface area (Å²) in [5, 5.41) is 19.0. The highest BCUT2D eigenvalue weighted by atomic mass is 15.0. The first-order valence-electron chi connectivity index (χ1n) is 16.3. The molecular formula is C45H27N3. The van der Waals surface area contributed by atoms with Gasteiger partial charge in [0.25, 0.3) is 0 Å². The van der Waals surface area contributed by atoms with Gasteiger partial charge in [0.2, 0.25) is 0 Å². The first kappa shape index (κ1) is 26.6. The Morgan fingerprint density at radius 1 is 0.375 bits per heavy atom. The highest BCUT2D eigenvalue weighted by molar-refractivity contribution is 6.22. The highest BCUT2D eigenvalue weighted by Crippen LogP contribution is 2.44. The Labute approximate surface area is 276 Å². The predicted molar refractivity (Wildman–Crippen MR) is 200 cm³/mol. The molecule has 0 radical (unpaired) electrons. The van der Waals surface area contributed by atoms with Crippen molar-refractivity contribution in [2.45, 2.75) is 0 Å². The summed E-state index contributed by atoms with van der Waals surface area (Å²) >= 11 is 0. The van der Waals surface area contributed by atoms with Crippen LogP contribution in [0.3, 0.4) is 0 Å². The van der Waals surface area contributed by atoms with E-state index in [0.717, 1.165) is 22.1 Å². The molecule has 0 aliphatic rings. The van der Waals surface area contributed by atoms with Crippen LogP contribution in [0, 0.1) is 11.3 Å². The predicted octanol–water partition coefficient (Wildman–Crippen LogP) is 11.7. The van der Waals surface area contributed by atoms with Crippen molar-refractivity contribution in [3.63, 3.8) is 0 Å². The van der Waals surface area contributed by atoms with Crippen LogP contribution in [0.15, 0.2) is 164 Å². The zero-order chi connectivity index (χ0) is 31.8. The second-order valence-electron chi connectivity index (χ2n) is 12.5. The summed E-state index contributed by atoms with van der Waals surface area (Å²) in [5.41, 5.74) is 10.2. The van der Waals surface area contributed by atoms with Gasteiger partial charge >= 0.3 is 0 Å². The topological polar surface area (TPSA) is 33.6 Å². The van der Waals surface area contributed by atoms with Crippen LogP contribution in [0.25, 0.3) is 87.7 Å². The van der Waals surface area contributed by atoms with Gasteiger partial charge in [-0.1, -0.05) is 103 Å². The zero-order valence-corrected chi connectivity index (χ0v) is 25.9. The van der Waals surface area contributed by atoms with E-state index in [1.165, 1.54) is 65.5 Å². The Hall–Kier alpha value is -6.63. The van der Waals surface area contributed by atoms with Crippen LogP contribution in [0.2, 0.25) is 0 Å². The Morgan fingerprint density at radius 3 is 1.52 bits per heavy atom. The maximum Gasteiger partial charge on any atom is 0.0991 e. The third-order valence-corrected chi connectivity index (χ3v) is 9.91. The second kappa shape index (κ2) is 10.2. The Balaban J connectivity index is 1.25. The van der Waals surface area contributed by atoms with Crippen molar-refractivity contribution in [2.75, 3.05) is 0 Å². The van der Waals surface area contributed by atoms with Gasteiger partial charge in [0.1, 0.15) is 0 Å². The molecule has 0 bridgehead atoms. The third-order valence-electron chi connectivity index (χ3n) is 9.91. The summed E-state index contributed by atoms with van der Waals surface area (Å²) in [6.45, 7) is 0. The molecule has 0 aliphatic heterocycles. The molecule has 0 unspecified atom stereocenters. The van der Waals surface area contributed by atoms with Gasteiger partial charge in [0.05, 0.1) is 33.7 Å². The Kier molecular flexibility index (Phi) is 5.64.